The van der Waals surface area contributed by atoms with Gasteiger partial charge >= 0.3 is 5.97 Å². The topological polar surface area (TPSA) is 120 Å². The van der Waals surface area contributed by atoms with Gasteiger partial charge in [0.2, 0.25) is 0 Å². The molecule has 1 aliphatic heterocycles. The number of anilines is 1. The fourth-order valence-corrected chi connectivity index (χ4v) is 3.61. The van der Waals surface area contributed by atoms with E-state index >= 15 is 0 Å². The highest BCUT2D eigenvalue weighted by Gasteiger charge is 2.36. The summed E-state index contributed by atoms with van der Waals surface area (Å²) in [6.45, 7) is 1.94. The number of aryl methyl sites for hydroxylation is 1. The van der Waals surface area contributed by atoms with E-state index in [1.165, 1.54) is 29.1 Å². The van der Waals surface area contributed by atoms with Gasteiger partial charge in [-0.2, -0.15) is 5.10 Å². The molecule has 34 heavy (non-hydrogen) atoms. The summed E-state index contributed by atoms with van der Waals surface area (Å²) in [7, 11) is 3.12. The number of rotatable bonds is 7. The molecule has 3 aromatic rings. The zero-order valence-corrected chi connectivity index (χ0v) is 18.8. The molecule has 10 heteroatoms. The SMILES string of the molecule is CCOC(=O)c1cnn(C)c1NC(=O)c1ccc2c(c1)C(=O)N(Cc1ccc(OC)cc1)C2=O. The average Bonchev–Trinajstić information content (AvgIpc) is 3.32. The summed E-state index contributed by atoms with van der Waals surface area (Å²) in [5.41, 5.74) is 1.39. The monoisotopic (exact) mass is 462 g/mol. The predicted octanol–water partition coefficient (Wildman–Crippen LogP) is 2.65. The molecule has 0 bridgehead atoms. The molecule has 0 unspecified atom stereocenters. The molecule has 2 heterocycles. The molecule has 0 fully saturated rings. The van der Waals surface area contributed by atoms with Crippen molar-refractivity contribution in [2.75, 3.05) is 19.0 Å². The minimum absolute atomic E-state index is 0.0930. The molecule has 1 aromatic heterocycles. The van der Waals surface area contributed by atoms with Crippen LogP contribution in [0.3, 0.4) is 0 Å². The lowest BCUT2D eigenvalue weighted by atomic mass is 10.1. The Labute approximate surface area is 195 Å². The van der Waals surface area contributed by atoms with Crippen LogP contribution in [-0.4, -0.2) is 52.1 Å². The van der Waals surface area contributed by atoms with Gasteiger partial charge in [0.05, 0.1) is 37.6 Å². The van der Waals surface area contributed by atoms with Crippen molar-refractivity contribution in [3.8, 4) is 5.75 Å². The number of nitrogens with zero attached hydrogens (tertiary/aromatic N) is 3. The van der Waals surface area contributed by atoms with E-state index in [4.69, 9.17) is 9.47 Å². The highest BCUT2D eigenvalue weighted by molar-refractivity contribution is 6.22. The molecular formula is C24H22N4O6. The summed E-state index contributed by atoms with van der Waals surface area (Å²) in [5.74, 6) is -1.27. The molecule has 3 amide bonds. The zero-order chi connectivity index (χ0) is 24.4. The number of methoxy groups -OCH3 is 1. The molecule has 0 atom stereocenters. The maximum atomic E-state index is 13.0. The molecule has 0 radical (unpaired) electrons. The van der Waals surface area contributed by atoms with Crippen molar-refractivity contribution in [2.24, 2.45) is 7.05 Å². The van der Waals surface area contributed by atoms with Gasteiger partial charge in [-0.15, -0.1) is 0 Å². The molecule has 1 aliphatic rings. The fourth-order valence-electron chi connectivity index (χ4n) is 3.61. The number of carbonyl (C=O) groups excluding carboxylic acids is 4. The smallest absolute Gasteiger partial charge is 0.343 e. The molecular weight excluding hydrogens is 440 g/mol. The average molecular weight is 462 g/mol. The van der Waals surface area contributed by atoms with Crippen molar-refractivity contribution in [1.29, 1.82) is 0 Å². The highest BCUT2D eigenvalue weighted by atomic mass is 16.5. The first-order valence-electron chi connectivity index (χ1n) is 10.5. The van der Waals surface area contributed by atoms with Crippen LogP contribution in [0.5, 0.6) is 5.75 Å². The van der Waals surface area contributed by atoms with Crippen LogP contribution in [0.25, 0.3) is 0 Å². The second-order valence-corrected chi connectivity index (χ2v) is 7.51. The number of hydrogen-bond donors (Lipinski definition) is 1. The fraction of sp³-hybridized carbons (Fsp3) is 0.208. The molecule has 10 nitrogen and oxygen atoms in total. The Kier molecular flexibility index (Phi) is 6.13. The number of carbonyl (C=O) groups is 4. The number of aromatic nitrogens is 2. The van der Waals surface area contributed by atoms with Crippen LogP contribution in [0.15, 0.2) is 48.7 Å². The second-order valence-electron chi connectivity index (χ2n) is 7.51. The van der Waals surface area contributed by atoms with E-state index in [2.05, 4.69) is 10.4 Å². The van der Waals surface area contributed by atoms with Gasteiger partial charge in [-0.1, -0.05) is 12.1 Å². The maximum absolute atomic E-state index is 13.0. The maximum Gasteiger partial charge on any atom is 0.343 e. The minimum Gasteiger partial charge on any atom is -0.497 e. The van der Waals surface area contributed by atoms with E-state index in [0.717, 1.165) is 10.5 Å². The van der Waals surface area contributed by atoms with E-state index in [9.17, 15) is 19.2 Å². The number of imide groups is 1. The Bertz CT molecular complexity index is 1300. The lowest BCUT2D eigenvalue weighted by Gasteiger charge is -2.14. The van der Waals surface area contributed by atoms with Gasteiger partial charge < -0.3 is 14.8 Å². The Hall–Kier alpha value is -4.47. The number of amides is 3. The lowest BCUT2D eigenvalue weighted by Crippen LogP contribution is -2.29. The van der Waals surface area contributed by atoms with Gasteiger partial charge in [0.1, 0.15) is 17.1 Å². The number of benzene rings is 2. The van der Waals surface area contributed by atoms with Gasteiger partial charge in [-0.3, -0.25) is 24.0 Å². The first kappa shape index (κ1) is 22.7. The Morgan fingerprint density at radius 3 is 2.41 bits per heavy atom. The van der Waals surface area contributed by atoms with Crippen molar-refractivity contribution < 1.29 is 28.7 Å². The van der Waals surface area contributed by atoms with Crippen LogP contribution in [-0.2, 0) is 18.3 Å². The second kappa shape index (κ2) is 9.18. The highest BCUT2D eigenvalue weighted by Crippen LogP contribution is 2.27. The third-order valence-electron chi connectivity index (χ3n) is 5.40. The number of ether oxygens (including phenoxy) is 2. The van der Waals surface area contributed by atoms with Crippen LogP contribution < -0.4 is 10.1 Å². The number of hydrogen-bond acceptors (Lipinski definition) is 7. The summed E-state index contributed by atoms with van der Waals surface area (Å²) in [5, 5.41) is 6.63. The molecule has 0 saturated heterocycles. The van der Waals surface area contributed by atoms with Crippen LogP contribution in [0, 0.1) is 0 Å². The van der Waals surface area contributed by atoms with Crippen molar-refractivity contribution in [3.05, 3.63) is 76.5 Å². The first-order chi connectivity index (χ1) is 16.3. The van der Waals surface area contributed by atoms with Crippen molar-refractivity contribution >= 4 is 29.5 Å². The van der Waals surface area contributed by atoms with Crippen LogP contribution >= 0.6 is 0 Å². The molecule has 0 saturated carbocycles. The number of nitrogens with one attached hydrogen (secondary N) is 1. The van der Waals surface area contributed by atoms with E-state index in [0.29, 0.717) is 5.75 Å². The number of esters is 1. The van der Waals surface area contributed by atoms with E-state index in [1.54, 1.807) is 45.3 Å². The van der Waals surface area contributed by atoms with Gasteiger partial charge in [-0.05, 0) is 42.8 Å². The lowest BCUT2D eigenvalue weighted by molar-refractivity contribution is 0.0526. The largest absolute Gasteiger partial charge is 0.497 e. The third-order valence-corrected chi connectivity index (χ3v) is 5.40. The van der Waals surface area contributed by atoms with Gasteiger partial charge in [0, 0.05) is 12.6 Å². The van der Waals surface area contributed by atoms with Gasteiger partial charge in [0.25, 0.3) is 17.7 Å². The summed E-state index contributed by atoms with van der Waals surface area (Å²) >= 11 is 0. The van der Waals surface area contributed by atoms with Crippen LogP contribution in [0.4, 0.5) is 5.82 Å². The zero-order valence-electron chi connectivity index (χ0n) is 18.8. The summed E-state index contributed by atoms with van der Waals surface area (Å²) in [6.07, 6.45) is 1.30. The molecule has 1 N–H and O–H groups in total. The van der Waals surface area contributed by atoms with Crippen LogP contribution in [0.1, 0.15) is 53.9 Å². The summed E-state index contributed by atoms with van der Waals surface area (Å²) < 4.78 is 11.5. The van der Waals surface area contributed by atoms with Gasteiger partial charge in [-0.25, -0.2) is 4.79 Å². The summed E-state index contributed by atoms with van der Waals surface area (Å²) in [4.78, 5) is 51.9. The number of fused-ring (bicyclic) bond motifs is 1. The Morgan fingerprint density at radius 1 is 1.03 bits per heavy atom. The standard InChI is InChI=1S/C24H22N4O6/c1-4-34-24(32)19-12-25-27(2)20(19)26-21(29)15-7-10-17-18(11-15)23(31)28(22(17)30)13-14-5-8-16(33-3)9-6-14/h5-12H,4,13H2,1-3H3,(H,26,29). The van der Waals surface area contributed by atoms with Crippen LogP contribution in [0.2, 0.25) is 0 Å². The van der Waals surface area contributed by atoms with E-state index in [1.807, 2.05) is 0 Å². The third kappa shape index (κ3) is 4.13. The predicted molar refractivity (Wildman–Crippen MR) is 121 cm³/mol. The quantitative estimate of drug-likeness (QED) is 0.423. The molecule has 0 spiro atoms. The van der Waals surface area contributed by atoms with Crippen molar-refractivity contribution in [3.63, 3.8) is 0 Å². The molecule has 174 valence electrons. The van der Waals surface area contributed by atoms with E-state index < -0.39 is 23.7 Å². The summed E-state index contributed by atoms with van der Waals surface area (Å²) in [6, 6.07) is 11.3. The Balaban J connectivity index is 1.55. The first-order valence-corrected chi connectivity index (χ1v) is 10.5. The van der Waals surface area contributed by atoms with Gasteiger partial charge in [0.15, 0.2) is 0 Å². The molecule has 4 rings (SSSR count). The normalized spacial score (nSPS) is 12.5. The Morgan fingerprint density at radius 2 is 1.74 bits per heavy atom. The van der Waals surface area contributed by atoms with Crippen molar-refractivity contribution in [1.82, 2.24) is 14.7 Å². The minimum atomic E-state index is -0.616. The molecule has 0 aliphatic carbocycles. The molecule has 2 aromatic carbocycles. The van der Waals surface area contributed by atoms with E-state index in [-0.39, 0.29) is 41.2 Å². The van der Waals surface area contributed by atoms with Crippen molar-refractivity contribution in [2.45, 2.75) is 13.5 Å².